The van der Waals surface area contributed by atoms with E-state index in [1.807, 2.05) is 54.6 Å². The fraction of sp³-hybridized carbons (Fsp3) is 0.182. The molecular weight excluding hydrogens is 368 g/mol. The van der Waals surface area contributed by atoms with Gasteiger partial charge in [0.25, 0.3) is 5.91 Å². The van der Waals surface area contributed by atoms with Gasteiger partial charge in [-0.05, 0) is 29.7 Å². The van der Waals surface area contributed by atoms with E-state index in [4.69, 9.17) is 4.74 Å². The van der Waals surface area contributed by atoms with E-state index in [-0.39, 0.29) is 12.5 Å². The number of rotatable bonds is 6. The second-order valence-electron chi connectivity index (χ2n) is 6.69. The number of esters is 1. The molecule has 7 nitrogen and oxygen atoms in total. The van der Waals surface area contributed by atoms with Gasteiger partial charge in [0, 0.05) is 18.3 Å². The first kappa shape index (κ1) is 18.6. The number of carbonyl (C=O) groups is 2. The van der Waals surface area contributed by atoms with Gasteiger partial charge in [-0.25, -0.2) is 9.48 Å². The van der Waals surface area contributed by atoms with Crippen LogP contribution in [0.25, 0.3) is 6.08 Å². The Balaban J connectivity index is 1.28. The average molecular weight is 388 g/mol. The van der Waals surface area contributed by atoms with Crippen LogP contribution >= 0.6 is 0 Å². The highest BCUT2D eigenvalue weighted by Gasteiger charge is 2.24. The van der Waals surface area contributed by atoms with Crippen LogP contribution in [0.4, 0.5) is 5.69 Å². The summed E-state index contributed by atoms with van der Waals surface area (Å²) in [7, 11) is 0. The molecule has 7 heteroatoms. The summed E-state index contributed by atoms with van der Waals surface area (Å²) in [5.41, 5.74) is 3.66. The molecule has 0 unspecified atom stereocenters. The summed E-state index contributed by atoms with van der Waals surface area (Å²) in [5.74, 6) is -0.825. The molecule has 0 fully saturated rings. The Morgan fingerprint density at radius 1 is 1.07 bits per heavy atom. The molecule has 0 aliphatic carbocycles. The molecule has 1 aromatic heterocycles. The number of aromatic nitrogens is 3. The summed E-state index contributed by atoms with van der Waals surface area (Å²) >= 11 is 0. The highest BCUT2D eigenvalue weighted by atomic mass is 16.5. The summed E-state index contributed by atoms with van der Waals surface area (Å²) in [6.07, 6.45) is 5.33. The van der Waals surface area contributed by atoms with Crippen molar-refractivity contribution in [1.29, 1.82) is 0 Å². The van der Waals surface area contributed by atoms with Gasteiger partial charge in [-0.2, -0.15) is 0 Å². The number of hydrogen-bond donors (Lipinski definition) is 0. The number of carbonyl (C=O) groups excluding carboxylic acids is 2. The number of nitrogens with zero attached hydrogens (tertiary/aromatic N) is 4. The molecule has 3 aromatic rings. The maximum absolute atomic E-state index is 12.4. The van der Waals surface area contributed by atoms with Gasteiger partial charge in [0.2, 0.25) is 0 Å². The van der Waals surface area contributed by atoms with E-state index in [1.54, 1.807) is 15.8 Å². The fourth-order valence-corrected chi connectivity index (χ4v) is 3.25. The molecule has 2 heterocycles. The third-order valence-corrected chi connectivity index (χ3v) is 4.66. The van der Waals surface area contributed by atoms with Crippen LogP contribution in [0.5, 0.6) is 0 Å². The molecule has 0 spiro atoms. The first-order valence-electron chi connectivity index (χ1n) is 9.36. The summed E-state index contributed by atoms with van der Waals surface area (Å²) in [4.78, 5) is 26.0. The number of benzene rings is 2. The Bertz CT molecular complexity index is 1040. The van der Waals surface area contributed by atoms with Crippen LogP contribution in [0.1, 0.15) is 16.8 Å². The third kappa shape index (κ3) is 4.57. The topological polar surface area (TPSA) is 77.3 Å². The fourth-order valence-electron chi connectivity index (χ4n) is 3.25. The van der Waals surface area contributed by atoms with Gasteiger partial charge in [0.05, 0.1) is 12.7 Å². The molecular formula is C22H20N4O3. The predicted octanol–water partition coefficient (Wildman–Crippen LogP) is 2.47. The number of amides is 1. The number of para-hydroxylation sites is 1. The summed E-state index contributed by atoms with van der Waals surface area (Å²) in [5, 5.41) is 8.05. The van der Waals surface area contributed by atoms with E-state index in [0.29, 0.717) is 18.8 Å². The molecule has 1 aliphatic rings. The van der Waals surface area contributed by atoms with Crippen molar-refractivity contribution in [3.05, 3.63) is 83.7 Å². The lowest BCUT2D eigenvalue weighted by molar-refractivity contribution is -0.142. The van der Waals surface area contributed by atoms with Gasteiger partial charge >= 0.3 is 5.97 Å². The minimum absolute atomic E-state index is 0.231. The lowest BCUT2D eigenvalue weighted by Crippen LogP contribution is -2.33. The highest BCUT2D eigenvalue weighted by Crippen LogP contribution is 2.27. The summed E-state index contributed by atoms with van der Waals surface area (Å²) in [6, 6.07) is 17.6. The van der Waals surface area contributed by atoms with E-state index in [1.165, 1.54) is 12.2 Å². The molecule has 1 aliphatic heterocycles. The second kappa shape index (κ2) is 8.52. The number of ether oxygens (including phenoxy) is 1. The summed E-state index contributed by atoms with van der Waals surface area (Å²) in [6.45, 7) is 0.909. The van der Waals surface area contributed by atoms with Crippen LogP contribution < -0.4 is 4.90 Å². The molecule has 0 N–H and O–H groups in total. The summed E-state index contributed by atoms with van der Waals surface area (Å²) < 4.78 is 6.77. The number of fused-ring (bicyclic) bond motifs is 1. The quantitative estimate of drug-likeness (QED) is 0.479. The van der Waals surface area contributed by atoms with Gasteiger partial charge < -0.3 is 9.64 Å². The molecule has 1 amide bonds. The van der Waals surface area contributed by atoms with E-state index in [0.717, 1.165) is 23.2 Å². The SMILES string of the molecule is O=C(/C=C/c1cn(Cc2ccccc2)nn1)OCC(=O)N1CCc2ccccc21. The Kier molecular flexibility index (Phi) is 5.47. The standard InChI is InChI=1S/C22H20N4O3/c27-21(26-13-12-18-8-4-5-9-20(18)26)16-29-22(28)11-10-19-15-25(24-23-19)14-17-6-2-1-3-7-17/h1-11,15H,12-14,16H2/b11-10+. The van der Waals surface area contributed by atoms with Crippen molar-refractivity contribution >= 4 is 23.6 Å². The van der Waals surface area contributed by atoms with Gasteiger partial charge in [0.1, 0.15) is 5.69 Å². The zero-order valence-electron chi connectivity index (χ0n) is 15.8. The zero-order valence-corrected chi connectivity index (χ0v) is 15.8. The first-order valence-corrected chi connectivity index (χ1v) is 9.36. The molecule has 2 aromatic carbocycles. The van der Waals surface area contributed by atoms with Gasteiger partial charge in [-0.15, -0.1) is 5.10 Å². The third-order valence-electron chi connectivity index (χ3n) is 4.66. The Hall–Kier alpha value is -3.74. The molecule has 0 radical (unpaired) electrons. The molecule has 0 saturated heterocycles. The average Bonchev–Trinajstić information content (AvgIpc) is 3.38. The number of anilines is 1. The van der Waals surface area contributed by atoms with Crippen molar-refractivity contribution < 1.29 is 14.3 Å². The Morgan fingerprint density at radius 3 is 2.72 bits per heavy atom. The van der Waals surface area contributed by atoms with E-state index in [2.05, 4.69) is 10.3 Å². The normalized spacial score (nSPS) is 12.9. The van der Waals surface area contributed by atoms with E-state index in [9.17, 15) is 9.59 Å². The predicted molar refractivity (Wildman–Crippen MR) is 108 cm³/mol. The van der Waals surface area contributed by atoms with Crippen LogP contribution in [0.3, 0.4) is 0 Å². The van der Waals surface area contributed by atoms with Gasteiger partial charge in [0.15, 0.2) is 6.61 Å². The van der Waals surface area contributed by atoms with Crippen molar-refractivity contribution in [3.63, 3.8) is 0 Å². The second-order valence-corrected chi connectivity index (χ2v) is 6.69. The molecule has 0 atom stereocenters. The number of hydrogen-bond acceptors (Lipinski definition) is 5. The largest absolute Gasteiger partial charge is 0.452 e. The Morgan fingerprint density at radius 2 is 1.86 bits per heavy atom. The Labute approximate surface area is 168 Å². The lowest BCUT2D eigenvalue weighted by Gasteiger charge is -2.16. The molecule has 0 saturated carbocycles. The van der Waals surface area contributed by atoms with E-state index < -0.39 is 5.97 Å². The van der Waals surface area contributed by atoms with Crippen molar-refractivity contribution in [2.75, 3.05) is 18.1 Å². The zero-order chi connectivity index (χ0) is 20.1. The van der Waals surface area contributed by atoms with Crippen molar-refractivity contribution in [3.8, 4) is 0 Å². The van der Waals surface area contributed by atoms with Crippen LogP contribution in [-0.2, 0) is 27.3 Å². The highest BCUT2D eigenvalue weighted by molar-refractivity contribution is 5.98. The van der Waals surface area contributed by atoms with Crippen molar-refractivity contribution in [1.82, 2.24) is 15.0 Å². The molecule has 0 bridgehead atoms. The maximum Gasteiger partial charge on any atom is 0.331 e. The van der Waals surface area contributed by atoms with E-state index >= 15 is 0 Å². The van der Waals surface area contributed by atoms with Crippen LogP contribution in [0, 0.1) is 0 Å². The van der Waals surface area contributed by atoms with Crippen molar-refractivity contribution in [2.24, 2.45) is 0 Å². The molecule has 4 rings (SSSR count). The van der Waals surface area contributed by atoms with Crippen LogP contribution in [0.2, 0.25) is 0 Å². The monoisotopic (exact) mass is 388 g/mol. The minimum Gasteiger partial charge on any atom is -0.452 e. The molecule has 29 heavy (non-hydrogen) atoms. The van der Waals surface area contributed by atoms with Crippen LogP contribution in [0.15, 0.2) is 66.9 Å². The van der Waals surface area contributed by atoms with Crippen molar-refractivity contribution in [2.45, 2.75) is 13.0 Å². The first-order chi connectivity index (χ1) is 14.2. The maximum atomic E-state index is 12.4. The minimum atomic E-state index is -0.594. The lowest BCUT2D eigenvalue weighted by atomic mass is 10.2. The van der Waals surface area contributed by atoms with Crippen LogP contribution in [-0.4, -0.2) is 40.0 Å². The molecule has 146 valence electrons. The van der Waals surface area contributed by atoms with Gasteiger partial charge in [-0.1, -0.05) is 53.7 Å². The smallest absolute Gasteiger partial charge is 0.331 e. The van der Waals surface area contributed by atoms with Gasteiger partial charge in [-0.3, -0.25) is 4.79 Å².